The fraction of sp³-hybridized carbons (Fsp3) is 0.176. The summed E-state index contributed by atoms with van der Waals surface area (Å²) in [7, 11) is 3.14. The van der Waals surface area contributed by atoms with Gasteiger partial charge < -0.3 is 9.47 Å². The van der Waals surface area contributed by atoms with Crippen molar-refractivity contribution in [3.05, 3.63) is 59.7 Å². The van der Waals surface area contributed by atoms with E-state index >= 15 is 0 Å². The van der Waals surface area contributed by atoms with Crippen molar-refractivity contribution in [1.29, 1.82) is 0 Å². The second-order valence-electron chi connectivity index (χ2n) is 4.57. The SMILES string of the molecule is COc1ccc(C(C)=NNC(=O)c2ccccc2OC)cc1. The topological polar surface area (TPSA) is 59.9 Å². The van der Waals surface area contributed by atoms with Crippen molar-refractivity contribution in [1.82, 2.24) is 5.43 Å². The number of rotatable bonds is 5. The molecule has 2 rings (SSSR count). The number of carbonyl (C=O) groups excluding carboxylic acids is 1. The fourth-order valence-corrected chi connectivity index (χ4v) is 1.92. The van der Waals surface area contributed by atoms with Crippen molar-refractivity contribution in [3.8, 4) is 11.5 Å². The van der Waals surface area contributed by atoms with Gasteiger partial charge in [0.2, 0.25) is 0 Å². The van der Waals surface area contributed by atoms with E-state index in [9.17, 15) is 4.79 Å². The Labute approximate surface area is 129 Å². The lowest BCUT2D eigenvalue weighted by Gasteiger charge is -2.07. The summed E-state index contributed by atoms with van der Waals surface area (Å²) in [5.41, 5.74) is 4.58. The number of hydrogen-bond donors (Lipinski definition) is 1. The molecule has 0 bridgehead atoms. The number of amides is 1. The maximum atomic E-state index is 12.1. The zero-order valence-corrected chi connectivity index (χ0v) is 12.8. The van der Waals surface area contributed by atoms with Crippen LogP contribution in [-0.4, -0.2) is 25.8 Å². The van der Waals surface area contributed by atoms with Crippen molar-refractivity contribution >= 4 is 11.6 Å². The van der Waals surface area contributed by atoms with E-state index < -0.39 is 0 Å². The number of carbonyl (C=O) groups is 1. The van der Waals surface area contributed by atoms with Gasteiger partial charge in [0, 0.05) is 0 Å². The van der Waals surface area contributed by atoms with E-state index in [1.54, 1.807) is 25.3 Å². The number of nitrogens with zero attached hydrogens (tertiary/aromatic N) is 1. The third-order valence-electron chi connectivity index (χ3n) is 3.18. The van der Waals surface area contributed by atoms with Gasteiger partial charge in [0.05, 0.1) is 25.5 Å². The van der Waals surface area contributed by atoms with Crippen molar-refractivity contribution < 1.29 is 14.3 Å². The Bertz CT molecular complexity index is 679. The van der Waals surface area contributed by atoms with Gasteiger partial charge in [0.15, 0.2) is 0 Å². The van der Waals surface area contributed by atoms with Crippen LogP contribution < -0.4 is 14.9 Å². The van der Waals surface area contributed by atoms with Crippen LogP contribution in [0.3, 0.4) is 0 Å². The van der Waals surface area contributed by atoms with E-state index in [2.05, 4.69) is 10.5 Å². The van der Waals surface area contributed by atoms with E-state index in [4.69, 9.17) is 9.47 Å². The predicted octanol–water partition coefficient (Wildman–Crippen LogP) is 2.86. The third kappa shape index (κ3) is 3.63. The Kier molecular flexibility index (Phi) is 5.14. The van der Waals surface area contributed by atoms with E-state index in [-0.39, 0.29) is 5.91 Å². The summed E-state index contributed by atoms with van der Waals surface area (Å²) in [6.45, 7) is 1.82. The molecule has 0 atom stereocenters. The van der Waals surface area contributed by atoms with E-state index in [0.717, 1.165) is 11.3 Å². The van der Waals surface area contributed by atoms with Crippen LogP contribution in [0.25, 0.3) is 0 Å². The quantitative estimate of drug-likeness (QED) is 0.682. The normalized spacial score (nSPS) is 11.0. The molecular formula is C17H18N2O3. The molecule has 0 saturated heterocycles. The van der Waals surface area contributed by atoms with Crippen LogP contribution in [0.4, 0.5) is 0 Å². The summed E-state index contributed by atoms with van der Waals surface area (Å²) in [4.78, 5) is 12.1. The van der Waals surface area contributed by atoms with Crippen molar-refractivity contribution in [2.24, 2.45) is 5.10 Å². The Morgan fingerprint density at radius 3 is 2.32 bits per heavy atom. The highest BCUT2D eigenvalue weighted by atomic mass is 16.5. The monoisotopic (exact) mass is 298 g/mol. The van der Waals surface area contributed by atoms with Gasteiger partial charge in [0.1, 0.15) is 11.5 Å². The summed E-state index contributed by atoms with van der Waals surface area (Å²) < 4.78 is 10.3. The number of benzene rings is 2. The average molecular weight is 298 g/mol. The molecule has 1 N–H and O–H groups in total. The molecule has 0 radical (unpaired) electrons. The highest BCUT2D eigenvalue weighted by Gasteiger charge is 2.10. The van der Waals surface area contributed by atoms with Crippen LogP contribution in [-0.2, 0) is 0 Å². The molecule has 114 valence electrons. The minimum Gasteiger partial charge on any atom is -0.497 e. The zero-order valence-electron chi connectivity index (χ0n) is 12.8. The maximum absolute atomic E-state index is 12.1. The largest absolute Gasteiger partial charge is 0.497 e. The smallest absolute Gasteiger partial charge is 0.275 e. The van der Waals surface area contributed by atoms with Gasteiger partial charge >= 0.3 is 0 Å². The summed E-state index contributed by atoms with van der Waals surface area (Å²) in [6, 6.07) is 14.5. The summed E-state index contributed by atoms with van der Waals surface area (Å²) in [5.74, 6) is 0.970. The molecule has 5 heteroatoms. The van der Waals surface area contributed by atoms with Gasteiger partial charge in [-0.2, -0.15) is 5.10 Å². The number of hydrazone groups is 1. The average Bonchev–Trinajstić information content (AvgIpc) is 2.59. The molecule has 0 aliphatic heterocycles. The molecule has 0 aliphatic carbocycles. The molecule has 2 aromatic rings. The Morgan fingerprint density at radius 1 is 1.00 bits per heavy atom. The number of nitrogens with one attached hydrogen (secondary N) is 1. The molecule has 0 heterocycles. The molecule has 22 heavy (non-hydrogen) atoms. The van der Waals surface area contributed by atoms with Crippen LogP contribution in [0, 0.1) is 0 Å². The van der Waals surface area contributed by atoms with Crippen molar-refractivity contribution in [2.75, 3.05) is 14.2 Å². The minimum absolute atomic E-state index is 0.315. The van der Waals surface area contributed by atoms with Crippen LogP contribution in [0.1, 0.15) is 22.8 Å². The molecule has 0 aliphatic rings. The Balaban J connectivity index is 2.11. The van der Waals surface area contributed by atoms with Crippen LogP contribution >= 0.6 is 0 Å². The molecule has 5 nitrogen and oxygen atoms in total. The van der Waals surface area contributed by atoms with Crippen molar-refractivity contribution in [2.45, 2.75) is 6.92 Å². The van der Waals surface area contributed by atoms with Gasteiger partial charge in [-0.15, -0.1) is 0 Å². The van der Waals surface area contributed by atoms with E-state index in [0.29, 0.717) is 17.0 Å². The Hall–Kier alpha value is -2.82. The van der Waals surface area contributed by atoms with Gasteiger partial charge in [-0.1, -0.05) is 12.1 Å². The summed E-state index contributed by atoms with van der Waals surface area (Å²) in [5, 5.41) is 4.12. The molecule has 1 amide bonds. The number of hydrogen-bond acceptors (Lipinski definition) is 4. The third-order valence-corrected chi connectivity index (χ3v) is 3.18. The lowest BCUT2D eigenvalue weighted by Crippen LogP contribution is -2.20. The highest BCUT2D eigenvalue weighted by molar-refractivity contribution is 6.01. The van der Waals surface area contributed by atoms with E-state index in [1.165, 1.54) is 7.11 Å². The van der Waals surface area contributed by atoms with Gasteiger partial charge in [0.25, 0.3) is 5.91 Å². The predicted molar refractivity (Wildman–Crippen MR) is 85.7 cm³/mol. The van der Waals surface area contributed by atoms with Crippen LogP contribution in [0.5, 0.6) is 11.5 Å². The maximum Gasteiger partial charge on any atom is 0.275 e. The van der Waals surface area contributed by atoms with Crippen molar-refractivity contribution in [3.63, 3.8) is 0 Å². The van der Waals surface area contributed by atoms with Crippen LogP contribution in [0.2, 0.25) is 0 Å². The minimum atomic E-state index is -0.315. The second-order valence-corrected chi connectivity index (χ2v) is 4.57. The summed E-state index contributed by atoms with van der Waals surface area (Å²) in [6.07, 6.45) is 0. The number of para-hydroxylation sites is 1. The fourth-order valence-electron chi connectivity index (χ4n) is 1.92. The zero-order chi connectivity index (χ0) is 15.9. The molecule has 0 saturated carbocycles. The van der Waals surface area contributed by atoms with Gasteiger partial charge in [-0.05, 0) is 48.9 Å². The first kappa shape index (κ1) is 15.6. The highest BCUT2D eigenvalue weighted by Crippen LogP contribution is 2.17. The molecule has 0 aromatic heterocycles. The first-order valence-corrected chi connectivity index (χ1v) is 6.77. The second kappa shape index (κ2) is 7.26. The van der Waals surface area contributed by atoms with Gasteiger partial charge in [-0.25, -0.2) is 5.43 Å². The first-order valence-electron chi connectivity index (χ1n) is 6.77. The van der Waals surface area contributed by atoms with Gasteiger partial charge in [-0.3, -0.25) is 4.79 Å². The van der Waals surface area contributed by atoms with Crippen LogP contribution in [0.15, 0.2) is 53.6 Å². The molecule has 2 aromatic carbocycles. The van der Waals surface area contributed by atoms with E-state index in [1.807, 2.05) is 37.3 Å². The first-order chi connectivity index (χ1) is 10.7. The number of ether oxygens (including phenoxy) is 2. The standard InChI is InChI=1S/C17H18N2O3/c1-12(13-8-10-14(21-2)11-9-13)18-19-17(20)15-6-4-5-7-16(15)22-3/h4-11H,1-3H3,(H,19,20). The summed E-state index contributed by atoms with van der Waals surface area (Å²) >= 11 is 0. The number of methoxy groups -OCH3 is 2. The lowest BCUT2D eigenvalue weighted by molar-refractivity contribution is 0.0952. The molecule has 0 fully saturated rings. The molecular weight excluding hydrogens is 280 g/mol. The molecule has 0 spiro atoms. The lowest BCUT2D eigenvalue weighted by atomic mass is 10.1. The molecule has 0 unspecified atom stereocenters. The Morgan fingerprint density at radius 2 is 1.68 bits per heavy atom.